The second-order valence-electron chi connectivity index (χ2n) is 5.02. The van der Waals surface area contributed by atoms with Gasteiger partial charge in [-0.1, -0.05) is 35.5 Å². The molecule has 0 aliphatic carbocycles. The molecule has 24 heavy (non-hydrogen) atoms. The molecule has 3 rings (SSSR count). The van der Waals surface area contributed by atoms with Gasteiger partial charge in [-0.3, -0.25) is 0 Å². The zero-order chi connectivity index (χ0) is 16.9. The van der Waals surface area contributed by atoms with Crippen molar-refractivity contribution in [3.63, 3.8) is 0 Å². The first-order chi connectivity index (χ1) is 11.6. The number of ether oxygens (including phenoxy) is 1. The van der Waals surface area contributed by atoms with Crippen molar-refractivity contribution >= 4 is 23.4 Å². The first-order valence-electron chi connectivity index (χ1n) is 7.23. The van der Waals surface area contributed by atoms with Crippen LogP contribution in [0.1, 0.15) is 23.6 Å². The van der Waals surface area contributed by atoms with Crippen molar-refractivity contribution in [3.05, 3.63) is 70.8 Å². The van der Waals surface area contributed by atoms with E-state index in [1.807, 2.05) is 6.92 Å². The first-order valence-corrected chi connectivity index (χ1v) is 8.49. The highest BCUT2D eigenvalue weighted by atomic mass is 35.5. The summed E-state index contributed by atoms with van der Waals surface area (Å²) in [6.45, 7) is 2.17. The minimum absolute atomic E-state index is 0.0658. The number of hydrogen-bond donors (Lipinski definition) is 0. The highest BCUT2D eigenvalue weighted by Crippen LogP contribution is 2.33. The Bertz CT molecular complexity index is 793. The van der Waals surface area contributed by atoms with Crippen LogP contribution in [0.2, 0.25) is 5.02 Å². The van der Waals surface area contributed by atoms with Gasteiger partial charge in [-0.25, -0.2) is 4.39 Å². The van der Waals surface area contributed by atoms with Gasteiger partial charge in [0.15, 0.2) is 6.61 Å². The summed E-state index contributed by atoms with van der Waals surface area (Å²) in [5.41, 5.74) is 0.985. The Hall–Kier alpha value is -2.05. The maximum atomic E-state index is 13.0. The van der Waals surface area contributed by atoms with Crippen molar-refractivity contribution in [1.29, 1.82) is 0 Å². The second kappa shape index (κ2) is 7.68. The van der Waals surface area contributed by atoms with Gasteiger partial charge in [0, 0.05) is 10.3 Å². The van der Waals surface area contributed by atoms with Crippen molar-refractivity contribution in [2.45, 2.75) is 24.0 Å². The molecule has 0 spiro atoms. The number of nitrogens with zero attached hydrogens (tertiary/aromatic N) is 2. The smallest absolute Gasteiger partial charge is 0.277 e. The summed E-state index contributed by atoms with van der Waals surface area (Å²) in [5, 5.41) is 9.12. The van der Waals surface area contributed by atoms with E-state index in [2.05, 4.69) is 10.2 Å². The van der Waals surface area contributed by atoms with Gasteiger partial charge in [-0.2, -0.15) is 0 Å². The maximum Gasteiger partial charge on any atom is 0.277 e. The molecule has 0 unspecified atom stereocenters. The number of thioether (sulfide) groups is 1. The molecule has 0 saturated carbocycles. The Morgan fingerprint density at radius 1 is 1.12 bits per heavy atom. The summed E-state index contributed by atoms with van der Waals surface area (Å²) in [7, 11) is 0. The van der Waals surface area contributed by atoms with E-state index < -0.39 is 0 Å². The van der Waals surface area contributed by atoms with Gasteiger partial charge >= 0.3 is 0 Å². The minimum Gasteiger partial charge on any atom is -0.484 e. The number of benzene rings is 2. The highest BCUT2D eigenvalue weighted by molar-refractivity contribution is 7.99. The van der Waals surface area contributed by atoms with Gasteiger partial charge in [0.2, 0.25) is 0 Å². The van der Waals surface area contributed by atoms with E-state index in [0.29, 0.717) is 21.9 Å². The van der Waals surface area contributed by atoms with Crippen LogP contribution in [0, 0.1) is 5.82 Å². The molecule has 1 aromatic heterocycles. The van der Waals surface area contributed by atoms with Crippen molar-refractivity contribution in [2.24, 2.45) is 0 Å². The molecule has 0 fully saturated rings. The molecule has 1 atom stereocenters. The third-order valence-electron chi connectivity index (χ3n) is 3.24. The van der Waals surface area contributed by atoms with E-state index in [-0.39, 0.29) is 17.7 Å². The molecular weight excluding hydrogens is 351 g/mol. The largest absolute Gasteiger partial charge is 0.484 e. The van der Waals surface area contributed by atoms with Crippen molar-refractivity contribution in [3.8, 4) is 5.75 Å². The number of aromatic nitrogens is 2. The van der Waals surface area contributed by atoms with Crippen molar-refractivity contribution in [2.75, 3.05) is 0 Å². The van der Waals surface area contributed by atoms with Crippen LogP contribution in [0.4, 0.5) is 4.39 Å². The molecule has 0 radical (unpaired) electrons. The fourth-order valence-electron chi connectivity index (χ4n) is 1.97. The lowest BCUT2D eigenvalue weighted by Gasteiger charge is -2.08. The highest BCUT2D eigenvalue weighted by Gasteiger charge is 2.13. The van der Waals surface area contributed by atoms with Crippen LogP contribution in [0.15, 0.2) is 58.2 Å². The van der Waals surface area contributed by atoms with Crippen LogP contribution in [0.25, 0.3) is 0 Å². The van der Waals surface area contributed by atoms with E-state index in [1.165, 1.54) is 23.9 Å². The molecule has 4 nitrogen and oxygen atoms in total. The first kappa shape index (κ1) is 16.8. The lowest BCUT2D eigenvalue weighted by atomic mass is 10.2. The summed E-state index contributed by atoms with van der Waals surface area (Å²) in [4.78, 5) is 0. The van der Waals surface area contributed by atoms with Crippen LogP contribution in [-0.4, -0.2) is 10.2 Å². The minimum atomic E-state index is -0.254. The molecule has 0 saturated heterocycles. The molecule has 3 aromatic rings. The SMILES string of the molecule is C[C@H](Sc1nnc(COc2ccc(Cl)cc2)o1)c1ccc(F)cc1. The third-order valence-corrected chi connectivity index (χ3v) is 4.49. The van der Waals surface area contributed by atoms with Gasteiger partial charge in [-0.15, -0.1) is 10.2 Å². The Kier molecular flexibility index (Phi) is 5.37. The average Bonchev–Trinajstić information content (AvgIpc) is 3.02. The quantitative estimate of drug-likeness (QED) is 0.556. The van der Waals surface area contributed by atoms with Crippen molar-refractivity contribution in [1.82, 2.24) is 10.2 Å². The van der Waals surface area contributed by atoms with E-state index >= 15 is 0 Å². The lowest BCUT2D eigenvalue weighted by molar-refractivity contribution is 0.252. The zero-order valence-corrected chi connectivity index (χ0v) is 14.4. The van der Waals surface area contributed by atoms with Crippen LogP contribution >= 0.6 is 23.4 Å². The van der Waals surface area contributed by atoms with Crippen LogP contribution < -0.4 is 4.74 Å². The lowest BCUT2D eigenvalue weighted by Crippen LogP contribution is -1.95. The summed E-state index contributed by atoms with van der Waals surface area (Å²) in [6, 6.07) is 13.4. The normalized spacial score (nSPS) is 12.1. The molecule has 0 aliphatic rings. The second-order valence-corrected chi connectivity index (χ2v) is 6.74. The number of halogens is 2. The molecular formula is C17H14ClFN2O2S. The topological polar surface area (TPSA) is 48.2 Å². The van der Waals surface area contributed by atoms with Crippen LogP contribution in [0.5, 0.6) is 5.75 Å². The average molecular weight is 365 g/mol. The third kappa shape index (κ3) is 4.49. The number of hydrogen-bond acceptors (Lipinski definition) is 5. The Labute approximate surface area is 148 Å². The molecule has 0 bridgehead atoms. The fourth-order valence-corrected chi connectivity index (χ4v) is 2.93. The molecule has 1 heterocycles. The predicted molar refractivity (Wildman–Crippen MR) is 90.8 cm³/mol. The van der Waals surface area contributed by atoms with Gasteiger partial charge in [0.25, 0.3) is 11.1 Å². The Balaban J connectivity index is 1.56. The molecule has 2 aromatic carbocycles. The van der Waals surface area contributed by atoms with Gasteiger partial charge in [0.1, 0.15) is 11.6 Å². The van der Waals surface area contributed by atoms with E-state index in [1.54, 1.807) is 36.4 Å². The standard InChI is InChI=1S/C17H14ClFN2O2S/c1-11(12-2-6-14(19)7-3-12)24-17-21-20-16(23-17)10-22-15-8-4-13(18)5-9-15/h2-9,11H,10H2,1H3/t11-/m0/s1. The van der Waals surface area contributed by atoms with Gasteiger partial charge in [0.05, 0.1) is 0 Å². The molecule has 0 amide bonds. The van der Waals surface area contributed by atoms with Crippen molar-refractivity contribution < 1.29 is 13.5 Å². The summed E-state index contributed by atoms with van der Waals surface area (Å²) < 4.78 is 24.1. The Morgan fingerprint density at radius 2 is 1.83 bits per heavy atom. The molecule has 7 heteroatoms. The zero-order valence-electron chi connectivity index (χ0n) is 12.8. The number of rotatable bonds is 6. The van der Waals surface area contributed by atoms with E-state index in [0.717, 1.165) is 5.56 Å². The fraction of sp³-hybridized carbons (Fsp3) is 0.176. The predicted octanol–water partition coefficient (Wildman–Crippen LogP) is 5.29. The summed E-state index contributed by atoms with van der Waals surface area (Å²) in [6.07, 6.45) is 0. The van der Waals surface area contributed by atoms with Gasteiger partial charge in [-0.05, 0) is 48.9 Å². The molecule has 0 N–H and O–H groups in total. The van der Waals surface area contributed by atoms with E-state index in [9.17, 15) is 4.39 Å². The Morgan fingerprint density at radius 3 is 2.54 bits per heavy atom. The summed E-state index contributed by atoms with van der Waals surface area (Å²) in [5.74, 6) is 0.806. The maximum absolute atomic E-state index is 13.0. The van der Waals surface area contributed by atoms with E-state index in [4.69, 9.17) is 20.8 Å². The van der Waals surface area contributed by atoms with Crippen LogP contribution in [0.3, 0.4) is 0 Å². The molecule has 124 valence electrons. The van der Waals surface area contributed by atoms with Gasteiger partial charge < -0.3 is 9.15 Å². The molecule has 0 aliphatic heterocycles. The monoisotopic (exact) mass is 364 g/mol. The summed E-state index contributed by atoms with van der Waals surface area (Å²) >= 11 is 7.23. The van der Waals surface area contributed by atoms with Crippen LogP contribution in [-0.2, 0) is 6.61 Å².